The Labute approximate surface area is 201 Å². The highest BCUT2D eigenvalue weighted by Crippen LogP contribution is 2.55. The number of aryl methyl sites for hydroxylation is 1. The van der Waals surface area contributed by atoms with Crippen LogP contribution in [0.15, 0.2) is 35.2 Å². The molecule has 0 spiro atoms. The summed E-state index contributed by atoms with van der Waals surface area (Å²) in [6, 6.07) is 9.03. The third-order valence-corrected chi connectivity index (χ3v) is 9.25. The number of benzene rings is 2. The van der Waals surface area contributed by atoms with Crippen molar-refractivity contribution in [3.8, 4) is 0 Å². The molecule has 3 heterocycles. The van der Waals surface area contributed by atoms with Gasteiger partial charge in [-0.2, -0.15) is 10.6 Å². The lowest BCUT2D eigenvalue weighted by Crippen LogP contribution is -2.48. The second kappa shape index (κ2) is 9.23. The Bertz CT molecular complexity index is 1100. The van der Waals surface area contributed by atoms with Crippen molar-refractivity contribution in [1.82, 2.24) is 9.80 Å². The lowest BCUT2D eigenvalue weighted by Gasteiger charge is -2.36. The van der Waals surface area contributed by atoms with Crippen LogP contribution in [0.25, 0.3) is 0 Å². The Morgan fingerprint density at radius 1 is 1.00 bits per heavy atom. The normalized spacial score (nSPS) is 22.7. The molecule has 184 valence electrons. The predicted octanol–water partition coefficient (Wildman–Crippen LogP) is 2.72. The molecule has 0 amide bonds. The highest BCUT2D eigenvalue weighted by molar-refractivity contribution is 8.24. The number of fused-ring (bicyclic) bond motifs is 2. The molecule has 2 aromatic rings. The molecule has 3 aliphatic rings. The van der Waals surface area contributed by atoms with Crippen LogP contribution < -0.4 is 0 Å². The number of β-amino-alcohol motifs (C(OH)–C–C–N with tert-alkyl or cyclic N) is 2. The third kappa shape index (κ3) is 4.49. The minimum atomic E-state index is -2.66. The summed E-state index contributed by atoms with van der Waals surface area (Å²) in [6.45, 7) is 6.40. The standard InChI is InChI=1S/C25H32N2O6S/c1-16-19(3-4-20-21(16)15-33-25(20)30)23(29)14-27-9-7-26(8-10-27)13-22(28)17-2-5-24-18(12-17)6-11-34(24,31)32/h2-5,12,22-23,28-29,31-32H,6-11,13-15H2,1H3/t22-,23+/m1/s1. The molecule has 2 atom stereocenters. The van der Waals surface area contributed by atoms with Crippen LogP contribution in [-0.2, 0) is 17.8 Å². The van der Waals surface area contributed by atoms with Gasteiger partial charge in [0.05, 0.1) is 22.7 Å². The Hall–Kier alpha value is -1.98. The molecule has 0 aromatic heterocycles. The van der Waals surface area contributed by atoms with E-state index >= 15 is 0 Å². The van der Waals surface area contributed by atoms with E-state index in [0.29, 0.717) is 35.7 Å². The summed E-state index contributed by atoms with van der Waals surface area (Å²) in [7, 11) is -2.66. The van der Waals surface area contributed by atoms with Gasteiger partial charge in [-0.25, -0.2) is 4.79 Å². The van der Waals surface area contributed by atoms with Gasteiger partial charge in [0.15, 0.2) is 0 Å². The first kappa shape index (κ1) is 23.7. The summed E-state index contributed by atoms with van der Waals surface area (Å²) in [5.74, 6) is 0.0698. The van der Waals surface area contributed by atoms with Crippen LogP contribution in [0.3, 0.4) is 0 Å². The fourth-order valence-electron chi connectivity index (χ4n) is 5.26. The predicted molar refractivity (Wildman–Crippen MR) is 129 cm³/mol. The van der Waals surface area contributed by atoms with E-state index < -0.39 is 22.8 Å². The van der Waals surface area contributed by atoms with Gasteiger partial charge in [0.2, 0.25) is 0 Å². The maximum absolute atomic E-state index is 11.8. The van der Waals surface area contributed by atoms with Crippen molar-refractivity contribution >= 4 is 16.6 Å². The molecule has 0 unspecified atom stereocenters. The molecule has 2 aromatic carbocycles. The van der Waals surface area contributed by atoms with Gasteiger partial charge < -0.3 is 14.9 Å². The Morgan fingerprint density at radius 3 is 2.38 bits per heavy atom. The molecule has 34 heavy (non-hydrogen) atoms. The summed E-state index contributed by atoms with van der Waals surface area (Å²) in [6.07, 6.45) is -0.646. The highest BCUT2D eigenvalue weighted by Gasteiger charge is 2.29. The number of hydrogen-bond acceptors (Lipinski definition) is 8. The smallest absolute Gasteiger partial charge is 0.338 e. The first-order valence-electron chi connectivity index (χ1n) is 11.7. The molecule has 0 radical (unpaired) electrons. The lowest BCUT2D eigenvalue weighted by molar-refractivity contribution is 0.0480. The number of rotatable bonds is 6. The van der Waals surface area contributed by atoms with Crippen LogP contribution in [0.5, 0.6) is 0 Å². The van der Waals surface area contributed by atoms with Gasteiger partial charge in [-0.1, -0.05) is 18.2 Å². The van der Waals surface area contributed by atoms with Crippen molar-refractivity contribution in [3.05, 3.63) is 63.7 Å². The number of nitrogens with zero attached hydrogens (tertiary/aromatic N) is 2. The van der Waals surface area contributed by atoms with E-state index in [1.165, 1.54) is 0 Å². The minimum Gasteiger partial charge on any atom is -0.457 e. The summed E-state index contributed by atoms with van der Waals surface area (Å²) < 4.78 is 25.3. The fraction of sp³-hybridized carbons (Fsp3) is 0.480. The number of cyclic esters (lactones) is 1. The van der Waals surface area contributed by atoms with Gasteiger partial charge >= 0.3 is 5.97 Å². The number of piperazine rings is 1. The SMILES string of the molecule is Cc1c([C@@H](O)CN2CCN(C[C@@H](O)c3ccc4c(c3)CCS4(O)O)CC2)ccc2c1COC2=O. The maximum Gasteiger partial charge on any atom is 0.338 e. The third-order valence-electron chi connectivity index (χ3n) is 7.37. The van der Waals surface area contributed by atoms with Gasteiger partial charge in [0.1, 0.15) is 6.61 Å². The maximum atomic E-state index is 11.8. The first-order valence-corrected chi connectivity index (χ1v) is 13.4. The molecule has 4 N–H and O–H groups in total. The topological polar surface area (TPSA) is 114 Å². The van der Waals surface area contributed by atoms with E-state index in [9.17, 15) is 24.1 Å². The molecule has 0 aliphatic carbocycles. The van der Waals surface area contributed by atoms with Crippen LogP contribution in [0.1, 0.15) is 50.4 Å². The molecule has 3 aliphatic heterocycles. The number of ether oxygens (including phenoxy) is 1. The van der Waals surface area contributed by atoms with Gasteiger partial charge in [0, 0.05) is 50.6 Å². The molecule has 1 saturated heterocycles. The number of esters is 1. The largest absolute Gasteiger partial charge is 0.457 e. The van der Waals surface area contributed by atoms with Crippen LogP contribution >= 0.6 is 10.6 Å². The van der Waals surface area contributed by atoms with Crippen molar-refractivity contribution < 1.29 is 28.8 Å². The Kier molecular flexibility index (Phi) is 6.45. The van der Waals surface area contributed by atoms with E-state index in [0.717, 1.165) is 54.0 Å². The Morgan fingerprint density at radius 2 is 1.68 bits per heavy atom. The quantitative estimate of drug-likeness (QED) is 0.459. The number of hydrogen-bond donors (Lipinski definition) is 4. The van der Waals surface area contributed by atoms with E-state index in [2.05, 4.69) is 9.80 Å². The summed E-state index contributed by atoms with van der Waals surface area (Å²) in [5.41, 5.74) is 4.96. The van der Waals surface area contributed by atoms with Crippen molar-refractivity contribution in [3.63, 3.8) is 0 Å². The number of aliphatic hydroxyl groups is 2. The highest BCUT2D eigenvalue weighted by atomic mass is 32.3. The zero-order chi connectivity index (χ0) is 24.0. The fourth-order valence-corrected chi connectivity index (χ4v) is 6.85. The van der Waals surface area contributed by atoms with E-state index in [-0.39, 0.29) is 12.6 Å². The second-order valence-electron chi connectivity index (χ2n) is 9.50. The van der Waals surface area contributed by atoms with Crippen molar-refractivity contribution in [2.45, 2.75) is 37.1 Å². The average molecular weight is 489 g/mol. The zero-order valence-corrected chi connectivity index (χ0v) is 20.1. The molecular formula is C25H32N2O6S. The zero-order valence-electron chi connectivity index (χ0n) is 19.3. The molecule has 8 nitrogen and oxygen atoms in total. The van der Waals surface area contributed by atoms with Crippen LogP contribution in [-0.4, -0.2) is 80.1 Å². The number of carbonyl (C=O) groups excluding carboxylic acids is 1. The van der Waals surface area contributed by atoms with Crippen molar-refractivity contribution in [2.75, 3.05) is 45.0 Å². The van der Waals surface area contributed by atoms with Crippen LogP contribution in [0.2, 0.25) is 0 Å². The molecule has 0 bridgehead atoms. The first-order chi connectivity index (χ1) is 16.2. The van der Waals surface area contributed by atoms with E-state index in [4.69, 9.17) is 4.74 Å². The van der Waals surface area contributed by atoms with Crippen LogP contribution in [0, 0.1) is 6.92 Å². The summed E-state index contributed by atoms with van der Waals surface area (Å²) in [5, 5.41) is 21.6. The van der Waals surface area contributed by atoms with Gasteiger partial charge in [0.25, 0.3) is 0 Å². The van der Waals surface area contributed by atoms with E-state index in [1.807, 2.05) is 19.1 Å². The monoisotopic (exact) mass is 488 g/mol. The van der Waals surface area contributed by atoms with Crippen molar-refractivity contribution in [1.29, 1.82) is 0 Å². The number of carbonyl (C=O) groups is 1. The summed E-state index contributed by atoms with van der Waals surface area (Å²) >= 11 is 0. The van der Waals surface area contributed by atoms with Gasteiger partial charge in [-0.15, -0.1) is 0 Å². The lowest BCUT2D eigenvalue weighted by atomic mass is 9.95. The molecular weight excluding hydrogens is 456 g/mol. The molecule has 0 saturated carbocycles. The summed E-state index contributed by atoms with van der Waals surface area (Å²) in [4.78, 5) is 16.8. The Balaban J connectivity index is 1.14. The van der Waals surface area contributed by atoms with Crippen molar-refractivity contribution in [2.24, 2.45) is 0 Å². The van der Waals surface area contributed by atoms with Gasteiger partial charge in [-0.3, -0.25) is 18.9 Å². The molecule has 9 heteroatoms. The second-order valence-corrected chi connectivity index (χ2v) is 11.7. The van der Waals surface area contributed by atoms with Crippen LogP contribution in [0.4, 0.5) is 0 Å². The number of aliphatic hydroxyl groups excluding tert-OH is 2. The molecule has 5 rings (SSSR count). The minimum absolute atomic E-state index is 0.272. The van der Waals surface area contributed by atoms with E-state index in [1.54, 1.807) is 18.2 Å². The molecule has 1 fully saturated rings. The average Bonchev–Trinajstić information content (AvgIpc) is 3.34. The van der Waals surface area contributed by atoms with Gasteiger partial charge in [-0.05, 0) is 47.7 Å².